The molecule has 3 nitrogen and oxygen atoms in total. The molecule has 0 aromatic heterocycles. The van der Waals surface area contributed by atoms with Crippen LogP contribution < -0.4 is 0 Å². The summed E-state index contributed by atoms with van der Waals surface area (Å²) >= 11 is 0. The van der Waals surface area contributed by atoms with Crippen LogP contribution in [0.25, 0.3) is 0 Å². The van der Waals surface area contributed by atoms with Crippen LogP contribution in [-0.4, -0.2) is 35.1 Å². The first kappa shape index (κ1) is 17.3. The monoisotopic (exact) mass is 287 g/mol. The Hall–Kier alpha value is -1.79. The number of aliphatic hydroxyl groups excluding tert-OH is 1. The average Bonchev–Trinajstić information content (AvgIpc) is 2.49. The number of aryl methyl sites for hydroxylation is 1. The number of aliphatic hydroxyl groups is 1. The first-order valence-electron chi connectivity index (χ1n) is 7.56. The highest BCUT2D eigenvalue weighted by Crippen LogP contribution is 2.16. The van der Waals surface area contributed by atoms with Crippen LogP contribution in [0.2, 0.25) is 0 Å². The third-order valence-electron chi connectivity index (χ3n) is 3.66. The van der Waals surface area contributed by atoms with Crippen molar-refractivity contribution in [3.63, 3.8) is 0 Å². The predicted molar refractivity (Wildman–Crippen MR) is 86.2 cm³/mol. The maximum atomic E-state index is 12.7. The highest BCUT2D eigenvalue weighted by Gasteiger charge is 2.20. The molecule has 0 fully saturated rings. The van der Waals surface area contributed by atoms with Crippen molar-refractivity contribution in [2.24, 2.45) is 0 Å². The molecule has 0 aliphatic heterocycles. The van der Waals surface area contributed by atoms with Gasteiger partial charge in [0.25, 0.3) is 5.91 Å². The van der Waals surface area contributed by atoms with Gasteiger partial charge in [-0.15, -0.1) is 0 Å². The molecule has 1 aromatic rings. The lowest BCUT2D eigenvalue weighted by atomic mass is 10.0. The molecule has 1 rings (SSSR count). The van der Waals surface area contributed by atoms with Crippen LogP contribution in [0, 0.1) is 18.8 Å². The van der Waals surface area contributed by atoms with Crippen molar-refractivity contribution in [3.8, 4) is 11.8 Å². The Morgan fingerprint density at radius 1 is 1.38 bits per heavy atom. The Balaban J connectivity index is 3.08. The van der Waals surface area contributed by atoms with Gasteiger partial charge in [-0.1, -0.05) is 24.8 Å². The maximum absolute atomic E-state index is 12.7. The topological polar surface area (TPSA) is 40.5 Å². The summed E-state index contributed by atoms with van der Waals surface area (Å²) in [4.78, 5) is 14.6. The molecular formula is C18H25NO2. The van der Waals surface area contributed by atoms with E-state index in [9.17, 15) is 4.79 Å². The van der Waals surface area contributed by atoms with Crippen LogP contribution >= 0.6 is 0 Å². The van der Waals surface area contributed by atoms with Gasteiger partial charge in [0.2, 0.25) is 0 Å². The van der Waals surface area contributed by atoms with Crippen molar-refractivity contribution in [2.45, 2.75) is 46.6 Å². The largest absolute Gasteiger partial charge is 0.395 e. The van der Waals surface area contributed by atoms with Gasteiger partial charge in [0.15, 0.2) is 0 Å². The number of nitrogens with zero attached hydrogens (tertiary/aromatic N) is 1. The summed E-state index contributed by atoms with van der Waals surface area (Å²) in [6.45, 7) is 8.87. The summed E-state index contributed by atoms with van der Waals surface area (Å²) in [5.41, 5.74) is 2.50. The van der Waals surface area contributed by atoms with Gasteiger partial charge in [-0.3, -0.25) is 4.79 Å². The highest BCUT2D eigenvalue weighted by molar-refractivity contribution is 5.96. The third-order valence-corrected chi connectivity index (χ3v) is 3.66. The normalized spacial score (nSPS) is 11.5. The Morgan fingerprint density at radius 3 is 2.67 bits per heavy atom. The maximum Gasteiger partial charge on any atom is 0.254 e. The zero-order chi connectivity index (χ0) is 15.8. The number of carbonyl (C=O) groups excluding carboxylic acids is 1. The summed E-state index contributed by atoms with van der Waals surface area (Å²) in [7, 11) is 0. The van der Waals surface area contributed by atoms with Crippen molar-refractivity contribution in [3.05, 3.63) is 34.9 Å². The first-order chi connectivity index (χ1) is 10.0. The van der Waals surface area contributed by atoms with Gasteiger partial charge in [0.1, 0.15) is 0 Å². The van der Waals surface area contributed by atoms with Crippen molar-refractivity contribution in [1.29, 1.82) is 0 Å². The van der Waals surface area contributed by atoms with Gasteiger partial charge in [-0.25, -0.2) is 0 Å². The van der Waals surface area contributed by atoms with Crippen LogP contribution in [0.5, 0.6) is 0 Å². The quantitative estimate of drug-likeness (QED) is 0.846. The van der Waals surface area contributed by atoms with E-state index in [0.29, 0.717) is 18.5 Å². The van der Waals surface area contributed by atoms with E-state index < -0.39 is 0 Å². The molecule has 114 valence electrons. The first-order valence-corrected chi connectivity index (χ1v) is 7.56. The predicted octanol–water partition coefficient (Wildman–Crippen LogP) is 2.99. The molecule has 0 aliphatic carbocycles. The second-order valence-corrected chi connectivity index (χ2v) is 5.15. The van der Waals surface area contributed by atoms with Crippen LogP contribution in [0.1, 0.15) is 55.1 Å². The van der Waals surface area contributed by atoms with Gasteiger partial charge in [0.05, 0.1) is 6.61 Å². The lowest BCUT2D eigenvalue weighted by Crippen LogP contribution is -2.38. The van der Waals surface area contributed by atoms with E-state index in [1.54, 1.807) is 0 Å². The van der Waals surface area contributed by atoms with Gasteiger partial charge in [-0.05, 0) is 44.9 Å². The van der Waals surface area contributed by atoms with E-state index in [-0.39, 0.29) is 18.6 Å². The summed E-state index contributed by atoms with van der Waals surface area (Å²) in [5, 5.41) is 8.76. The highest BCUT2D eigenvalue weighted by atomic mass is 16.2. The number of rotatable bonds is 5. The summed E-state index contributed by atoms with van der Waals surface area (Å²) in [5.74, 6) is 5.94. The lowest BCUT2D eigenvalue weighted by Gasteiger charge is -2.28. The standard InChI is InChI=1S/C18H25NO2/c1-5-15(4)19(6-2)18(21)17-13-16(9-7-8-12-20)11-10-14(17)3/h10-11,13,15,20H,5-6,8,12H2,1-4H3. The Bertz CT molecular complexity index is 540. The number of carbonyl (C=O) groups is 1. The molecular weight excluding hydrogens is 262 g/mol. The molecule has 1 amide bonds. The summed E-state index contributed by atoms with van der Waals surface area (Å²) in [6, 6.07) is 5.93. The fourth-order valence-electron chi connectivity index (χ4n) is 2.18. The van der Waals surface area contributed by atoms with E-state index >= 15 is 0 Å². The number of hydrogen-bond acceptors (Lipinski definition) is 2. The van der Waals surface area contributed by atoms with E-state index in [4.69, 9.17) is 5.11 Å². The van der Waals surface area contributed by atoms with Gasteiger partial charge < -0.3 is 10.0 Å². The third kappa shape index (κ3) is 4.61. The molecule has 1 aromatic carbocycles. The molecule has 21 heavy (non-hydrogen) atoms. The van der Waals surface area contributed by atoms with Crippen molar-refractivity contribution >= 4 is 5.91 Å². The van der Waals surface area contributed by atoms with E-state index in [2.05, 4.69) is 25.7 Å². The van der Waals surface area contributed by atoms with E-state index in [1.807, 2.05) is 36.9 Å². The fourth-order valence-corrected chi connectivity index (χ4v) is 2.18. The minimum absolute atomic E-state index is 0.0578. The molecule has 0 spiro atoms. The molecule has 1 N–H and O–H groups in total. The molecule has 0 radical (unpaired) electrons. The lowest BCUT2D eigenvalue weighted by molar-refractivity contribution is 0.0699. The van der Waals surface area contributed by atoms with Crippen LogP contribution in [-0.2, 0) is 0 Å². The smallest absolute Gasteiger partial charge is 0.254 e. The van der Waals surface area contributed by atoms with Crippen LogP contribution in [0.4, 0.5) is 0 Å². The Labute approximate surface area is 128 Å². The molecule has 3 heteroatoms. The fraction of sp³-hybridized carbons (Fsp3) is 0.500. The number of hydrogen-bond donors (Lipinski definition) is 1. The Morgan fingerprint density at radius 2 is 2.10 bits per heavy atom. The van der Waals surface area contributed by atoms with E-state index in [0.717, 1.165) is 17.5 Å². The molecule has 0 heterocycles. The minimum atomic E-state index is 0.0578. The van der Waals surface area contributed by atoms with Crippen LogP contribution in [0.3, 0.4) is 0 Å². The summed E-state index contributed by atoms with van der Waals surface area (Å²) in [6.07, 6.45) is 1.39. The van der Waals surface area contributed by atoms with Crippen LogP contribution in [0.15, 0.2) is 18.2 Å². The molecule has 0 saturated carbocycles. The summed E-state index contributed by atoms with van der Waals surface area (Å²) < 4.78 is 0. The number of amides is 1. The zero-order valence-corrected chi connectivity index (χ0v) is 13.4. The molecule has 0 saturated heterocycles. The SMILES string of the molecule is CCC(C)N(CC)C(=O)c1cc(C#CCCO)ccc1C. The zero-order valence-electron chi connectivity index (χ0n) is 13.4. The second-order valence-electron chi connectivity index (χ2n) is 5.15. The van der Waals surface area contributed by atoms with E-state index in [1.165, 1.54) is 0 Å². The molecule has 0 bridgehead atoms. The molecule has 1 atom stereocenters. The second kappa shape index (κ2) is 8.49. The minimum Gasteiger partial charge on any atom is -0.395 e. The molecule has 1 unspecified atom stereocenters. The van der Waals surface area contributed by atoms with Crippen molar-refractivity contribution in [1.82, 2.24) is 4.90 Å². The Kier molecular flexibility index (Phi) is 6.98. The number of benzene rings is 1. The van der Waals surface area contributed by atoms with Crippen molar-refractivity contribution in [2.75, 3.05) is 13.2 Å². The van der Waals surface area contributed by atoms with Gasteiger partial charge in [-0.2, -0.15) is 0 Å². The van der Waals surface area contributed by atoms with Gasteiger partial charge >= 0.3 is 0 Å². The van der Waals surface area contributed by atoms with Gasteiger partial charge in [0, 0.05) is 30.1 Å². The van der Waals surface area contributed by atoms with Crippen molar-refractivity contribution < 1.29 is 9.90 Å². The average molecular weight is 287 g/mol. The molecule has 0 aliphatic rings.